The number of rotatable bonds is 5. The van der Waals surface area contributed by atoms with E-state index in [1.54, 1.807) is 10.7 Å². The van der Waals surface area contributed by atoms with Crippen molar-refractivity contribution < 1.29 is 9.66 Å². The second-order valence-electron chi connectivity index (χ2n) is 4.55. The molecule has 0 fully saturated rings. The van der Waals surface area contributed by atoms with Gasteiger partial charge in [-0.3, -0.25) is 10.1 Å². The average Bonchev–Trinajstić information content (AvgIpc) is 2.96. The zero-order valence-electron chi connectivity index (χ0n) is 11.8. The van der Waals surface area contributed by atoms with E-state index < -0.39 is 4.92 Å². The highest BCUT2D eigenvalue weighted by molar-refractivity contribution is 5.74. The molecule has 3 rings (SSSR count). The highest BCUT2D eigenvalue weighted by Crippen LogP contribution is 2.29. The van der Waals surface area contributed by atoms with Gasteiger partial charge in [-0.15, -0.1) is 5.10 Å². The minimum Gasteiger partial charge on any atom is -0.494 e. The van der Waals surface area contributed by atoms with Gasteiger partial charge in [-0.25, -0.2) is 4.68 Å². The molecule has 3 aromatic rings. The van der Waals surface area contributed by atoms with Crippen molar-refractivity contribution in [2.24, 2.45) is 0 Å². The van der Waals surface area contributed by atoms with E-state index >= 15 is 0 Å². The Balaban J connectivity index is 1.83. The zero-order valence-corrected chi connectivity index (χ0v) is 11.8. The molecule has 0 amide bonds. The summed E-state index contributed by atoms with van der Waals surface area (Å²) in [6.07, 6.45) is 0. The van der Waals surface area contributed by atoms with Gasteiger partial charge >= 0.3 is 0 Å². The summed E-state index contributed by atoms with van der Waals surface area (Å²) in [7, 11) is 1.47. The van der Waals surface area contributed by atoms with Crippen LogP contribution in [-0.4, -0.2) is 27.0 Å². The second kappa shape index (κ2) is 5.68. The van der Waals surface area contributed by atoms with Gasteiger partial charge in [-0.05, 0) is 18.2 Å². The van der Waals surface area contributed by atoms with E-state index in [2.05, 4.69) is 15.6 Å². The summed E-state index contributed by atoms with van der Waals surface area (Å²) in [5.41, 5.74) is 2.33. The van der Waals surface area contributed by atoms with Crippen LogP contribution in [0.3, 0.4) is 0 Å². The molecule has 8 nitrogen and oxygen atoms in total. The Morgan fingerprint density at radius 2 is 2.14 bits per heavy atom. The average molecular weight is 299 g/mol. The third kappa shape index (κ3) is 2.53. The van der Waals surface area contributed by atoms with Crippen molar-refractivity contribution >= 4 is 22.4 Å². The van der Waals surface area contributed by atoms with Crippen LogP contribution in [0.25, 0.3) is 11.0 Å². The van der Waals surface area contributed by atoms with Crippen LogP contribution in [0.15, 0.2) is 42.5 Å². The Morgan fingerprint density at radius 1 is 1.32 bits per heavy atom. The number of ether oxygens (including phenoxy) is 1. The van der Waals surface area contributed by atoms with E-state index in [4.69, 9.17) is 4.74 Å². The SMILES string of the molecule is COc1cc([N+](=O)[O-])ccc1NCn1nnc2ccccc21. The van der Waals surface area contributed by atoms with Crippen LogP contribution in [0.5, 0.6) is 5.75 Å². The van der Waals surface area contributed by atoms with Gasteiger partial charge in [0, 0.05) is 6.07 Å². The molecule has 1 aromatic heterocycles. The lowest BCUT2D eigenvalue weighted by molar-refractivity contribution is -0.384. The maximum atomic E-state index is 10.8. The van der Waals surface area contributed by atoms with Crippen LogP contribution < -0.4 is 10.1 Å². The van der Waals surface area contributed by atoms with Gasteiger partial charge in [0.15, 0.2) is 0 Å². The van der Waals surface area contributed by atoms with Gasteiger partial charge in [-0.2, -0.15) is 0 Å². The van der Waals surface area contributed by atoms with E-state index in [0.29, 0.717) is 18.1 Å². The van der Waals surface area contributed by atoms with Crippen molar-refractivity contribution in [1.29, 1.82) is 0 Å². The molecule has 0 aliphatic heterocycles. The van der Waals surface area contributed by atoms with Gasteiger partial charge in [0.25, 0.3) is 5.69 Å². The van der Waals surface area contributed by atoms with Gasteiger partial charge in [0.05, 0.1) is 29.3 Å². The maximum Gasteiger partial charge on any atom is 0.273 e. The van der Waals surface area contributed by atoms with Crippen LogP contribution in [0.2, 0.25) is 0 Å². The molecule has 0 spiro atoms. The van der Waals surface area contributed by atoms with Crippen LogP contribution in [-0.2, 0) is 6.67 Å². The van der Waals surface area contributed by atoms with Gasteiger partial charge in [0.2, 0.25) is 0 Å². The van der Waals surface area contributed by atoms with Crippen LogP contribution in [0.4, 0.5) is 11.4 Å². The number of aromatic nitrogens is 3. The Morgan fingerprint density at radius 3 is 2.91 bits per heavy atom. The number of nitrogens with one attached hydrogen (secondary N) is 1. The van der Waals surface area contributed by atoms with Gasteiger partial charge < -0.3 is 10.1 Å². The van der Waals surface area contributed by atoms with E-state index in [9.17, 15) is 10.1 Å². The van der Waals surface area contributed by atoms with Crippen molar-refractivity contribution in [3.63, 3.8) is 0 Å². The smallest absolute Gasteiger partial charge is 0.273 e. The highest BCUT2D eigenvalue weighted by atomic mass is 16.6. The molecule has 0 unspecified atom stereocenters. The summed E-state index contributed by atoms with van der Waals surface area (Å²) < 4.78 is 6.89. The molecule has 1 N–H and O–H groups in total. The summed E-state index contributed by atoms with van der Waals surface area (Å²) in [4.78, 5) is 10.3. The summed E-state index contributed by atoms with van der Waals surface area (Å²) in [5, 5.41) is 22.0. The Bertz CT molecular complexity index is 830. The third-order valence-corrected chi connectivity index (χ3v) is 3.24. The molecule has 112 valence electrons. The quantitative estimate of drug-likeness (QED) is 0.574. The largest absolute Gasteiger partial charge is 0.494 e. The van der Waals surface area contributed by atoms with Gasteiger partial charge in [0.1, 0.15) is 17.9 Å². The van der Waals surface area contributed by atoms with Crippen molar-refractivity contribution in [2.75, 3.05) is 12.4 Å². The molecule has 0 saturated heterocycles. The minimum atomic E-state index is -0.461. The Hall–Kier alpha value is -3.16. The molecule has 0 saturated carbocycles. The van der Waals surface area contributed by atoms with Crippen LogP contribution in [0, 0.1) is 10.1 Å². The minimum absolute atomic E-state index is 0.0198. The molecule has 0 aliphatic rings. The lowest BCUT2D eigenvalue weighted by Gasteiger charge is -2.11. The number of fused-ring (bicyclic) bond motifs is 1. The number of nitro groups is 1. The summed E-state index contributed by atoms with van der Waals surface area (Å²) in [6, 6.07) is 12.0. The molecule has 0 aliphatic carbocycles. The van der Waals surface area contributed by atoms with Crippen LogP contribution >= 0.6 is 0 Å². The fourth-order valence-corrected chi connectivity index (χ4v) is 2.13. The highest BCUT2D eigenvalue weighted by Gasteiger charge is 2.11. The van der Waals surface area contributed by atoms with E-state index in [0.717, 1.165) is 11.0 Å². The molecule has 2 aromatic carbocycles. The first kappa shape index (κ1) is 13.8. The number of nitro benzene ring substituents is 1. The molecular formula is C14H13N5O3. The summed E-state index contributed by atoms with van der Waals surface area (Å²) in [5.74, 6) is 0.402. The predicted molar refractivity (Wildman–Crippen MR) is 80.8 cm³/mol. The number of anilines is 1. The first-order chi connectivity index (χ1) is 10.7. The fraction of sp³-hybridized carbons (Fsp3) is 0.143. The first-order valence-corrected chi connectivity index (χ1v) is 6.53. The summed E-state index contributed by atoms with van der Waals surface area (Å²) >= 11 is 0. The van der Waals surface area contributed by atoms with Crippen molar-refractivity contribution in [3.8, 4) is 5.75 Å². The standard InChI is InChI=1S/C14H13N5O3/c1-22-14-8-10(19(20)21)6-7-12(14)15-9-18-13-5-3-2-4-11(13)16-17-18/h2-8,15H,9H2,1H3. The number of hydrogen-bond acceptors (Lipinski definition) is 6. The lowest BCUT2D eigenvalue weighted by atomic mass is 10.2. The monoisotopic (exact) mass is 299 g/mol. The number of hydrogen-bond donors (Lipinski definition) is 1. The van der Waals surface area contributed by atoms with Gasteiger partial charge in [-0.1, -0.05) is 17.3 Å². The number of non-ortho nitro benzene ring substituents is 1. The molecule has 0 bridgehead atoms. The fourth-order valence-electron chi connectivity index (χ4n) is 2.13. The molecule has 1 heterocycles. The predicted octanol–water partition coefficient (Wildman–Crippen LogP) is 2.42. The zero-order chi connectivity index (χ0) is 15.5. The van der Waals surface area contributed by atoms with Crippen molar-refractivity contribution in [1.82, 2.24) is 15.0 Å². The number of benzene rings is 2. The number of nitrogens with zero attached hydrogens (tertiary/aromatic N) is 4. The van der Waals surface area contributed by atoms with Crippen molar-refractivity contribution in [3.05, 3.63) is 52.6 Å². The summed E-state index contributed by atoms with van der Waals surface area (Å²) in [6.45, 7) is 0.370. The van der Waals surface area contributed by atoms with Crippen molar-refractivity contribution in [2.45, 2.75) is 6.67 Å². The van der Waals surface area contributed by atoms with E-state index in [1.165, 1.54) is 19.2 Å². The Labute approximate surface area is 125 Å². The van der Waals surface area contributed by atoms with E-state index in [1.807, 2.05) is 24.3 Å². The number of methoxy groups -OCH3 is 1. The number of para-hydroxylation sites is 1. The molecule has 8 heteroatoms. The Kier molecular flexibility index (Phi) is 3.57. The molecule has 22 heavy (non-hydrogen) atoms. The molecule has 0 atom stereocenters. The van der Waals surface area contributed by atoms with E-state index in [-0.39, 0.29) is 5.69 Å². The maximum absolute atomic E-state index is 10.8. The normalized spacial score (nSPS) is 10.6. The topological polar surface area (TPSA) is 95.1 Å². The molecular weight excluding hydrogens is 286 g/mol. The second-order valence-corrected chi connectivity index (χ2v) is 4.55. The third-order valence-electron chi connectivity index (χ3n) is 3.24. The lowest BCUT2D eigenvalue weighted by Crippen LogP contribution is -2.10. The van der Waals surface area contributed by atoms with Crippen LogP contribution in [0.1, 0.15) is 0 Å². The molecule has 0 radical (unpaired) electrons. The first-order valence-electron chi connectivity index (χ1n) is 6.53.